The molecule has 1 aromatic heterocycles. The maximum absolute atomic E-state index is 11.1. The predicted molar refractivity (Wildman–Crippen MR) is 77.7 cm³/mol. The lowest BCUT2D eigenvalue weighted by Crippen LogP contribution is -2.02. The summed E-state index contributed by atoms with van der Waals surface area (Å²) < 4.78 is 30.7. The molecule has 5 nitrogen and oxygen atoms in total. The molecule has 0 unspecified atom stereocenters. The third-order valence-electron chi connectivity index (χ3n) is 2.63. The summed E-state index contributed by atoms with van der Waals surface area (Å²) in [5.74, 6) is 0.772. The van der Waals surface area contributed by atoms with Crippen molar-refractivity contribution in [3.8, 4) is 0 Å². The topological polar surface area (TPSA) is 87.2 Å². The first-order valence-electron chi connectivity index (χ1n) is 5.83. The van der Waals surface area contributed by atoms with Gasteiger partial charge >= 0.3 is 0 Å². The van der Waals surface area contributed by atoms with E-state index in [2.05, 4.69) is 4.98 Å². The van der Waals surface area contributed by atoms with E-state index in [4.69, 9.17) is 4.55 Å². The molecule has 0 radical (unpaired) electrons. The molecule has 0 saturated heterocycles. The van der Waals surface area contributed by atoms with Gasteiger partial charge < -0.3 is 4.98 Å². The summed E-state index contributed by atoms with van der Waals surface area (Å²) in [6.07, 6.45) is 2.34. The summed E-state index contributed by atoms with van der Waals surface area (Å²) in [5.41, 5.74) is 0.835. The van der Waals surface area contributed by atoms with Crippen molar-refractivity contribution in [2.75, 3.05) is 5.75 Å². The van der Waals surface area contributed by atoms with Crippen LogP contribution >= 0.6 is 11.8 Å². The number of nitrogens with one attached hydrogen (secondary N) is 1. The Kier molecular flexibility index (Phi) is 4.64. The molecule has 0 saturated carbocycles. The maximum atomic E-state index is 11.1. The van der Waals surface area contributed by atoms with Crippen molar-refractivity contribution in [3.05, 3.63) is 58.5 Å². The minimum absolute atomic E-state index is 0.108. The van der Waals surface area contributed by atoms with Gasteiger partial charge in [-0.1, -0.05) is 12.1 Å². The minimum Gasteiger partial charge on any atom is -0.329 e. The lowest BCUT2D eigenvalue weighted by Gasteiger charge is -2.03. The quantitative estimate of drug-likeness (QED) is 0.651. The molecular formula is C13H13NO4S2. The number of aromatic amines is 1. The van der Waals surface area contributed by atoms with Crippen LogP contribution < -0.4 is 5.56 Å². The van der Waals surface area contributed by atoms with Crippen molar-refractivity contribution < 1.29 is 13.0 Å². The van der Waals surface area contributed by atoms with Gasteiger partial charge in [-0.3, -0.25) is 9.35 Å². The highest BCUT2D eigenvalue weighted by molar-refractivity contribution is 7.99. The highest BCUT2D eigenvalue weighted by Crippen LogP contribution is 2.17. The van der Waals surface area contributed by atoms with Gasteiger partial charge in [-0.2, -0.15) is 8.42 Å². The molecular weight excluding hydrogens is 298 g/mol. The van der Waals surface area contributed by atoms with E-state index in [0.717, 1.165) is 22.6 Å². The van der Waals surface area contributed by atoms with Gasteiger partial charge in [0.05, 0.1) is 4.90 Å². The molecule has 0 bridgehead atoms. The fourth-order valence-electron chi connectivity index (χ4n) is 1.63. The van der Waals surface area contributed by atoms with Crippen LogP contribution in [0.25, 0.3) is 0 Å². The average Bonchev–Trinajstić information content (AvgIpc) is 2.38. The van der Waals surface area contributed by atoms with Gasteiger partial charge in [0.15, 0.2) is 0 Å². The molecule has 2 aromatic rings. The molecule has 0 spiro atoms. The predicted octanol–water partition coefficient (Wildman–Crippen LogP) is 1.96. The molecule has 0 amide bonds. The summed E-state index contributed by atoms with van der Waals surface area (Å²) in [6, 6.07) is 9.45. The van der Waals surface area contributed by atoms with Gasteiger partial charge in [-0.15, -0.1) is 11.8 Å². The Bertz CT molecular complexity index is 735. The number of thioether (sulfide) groups is 1. The van der Waals surface area contributed by atoms with Crippen molar-refractivity contribution in [1.29, 1.82) is 0 Å². The zero-order valence-corrected chi connectivity index (χ0v) is 12.1. The van der Waals surface area contributed by atoms with Gasteiger partial charge in [-0.25, -0.2) is 0 Å². The molecule has 0 aliphatic rings. The number of pyridine rings is 1. The molecule has 2 rings (SSSR count). The molecule has 0 atom stereocenters. The van der Waals surface area contributed by atoms with Crippen molar-refractivity contribution in [2.24, 2.45) is 0 Å². The number of aryl methyl sites for hydroxylation is 1. The standard InChI is InChI=1S/C13H13NO4S2/c15-13-9-11(5-7-14-13)19-8-6-10-1-3-12(4-2-10)20(16,17)18/h1-5,7,9H,6,8H2,(H,14,15)(H,16,17,18). The van der Waals surface area contributed by atoms with Crippen LogP contribution in [-0.4, -0.2) is 23.7 Å². The highest BCUT2D eigenvalue weighted by atomic mass is 32.2. The number of H-pyrrole nitrogens is 1. The smallest absolute Gasteiger partial charge is 0.294 e. The van der Waals surface area contributed by atoms with Crippen LogP contribution in [-0.2, 0) is 16.5 Å². The Morgan fingerprint density at radius 1 is 1.15 bits per heavy atom. The van der Waals surface area contributed by atoms with Crippen LogP contribution in [0, 0.1) is 0 Å². The monoisotopic (exact) mass is 311 g/mol. The fourth-order valence-corrected chi connectivity index (χ4v) is 3.04. The number of rotatable bonds is 5. The molecule has 7 heteroatoms. The first-order valence-corrected chi connectivity index (χ1v) is 8.26. The van der Waals surface area contributed by atoms with E-state index in [-0.39, 0.29) is 10.5 Å². The van der Waals surface area contributed by atoms with Gasteiger partial charge in [0.2, 0.25) is 5.56 Å². The zero-order chi connectivity index (χ0) is 14.6. The number of benzene rings is 1. The van der Waals surface area contributed by atoms with Crippen molar-refractivity contribution in [2.45, 2.75) is 16.2 Å². The lowest BCUT2D eigenvalue weighted by atomic mass is 10.2. The second kappa shape index (κ2) is 6.25. The van der Waals surface area contributed by atoms with Crippen molar-refractivity contribution >= 4 is 21.9 Å². The van der Waals surface area contributed by atoms with Crippen LogP contribution in [0.15, 0.2) is 57.2 Å². The first kappa shape index (κ1) is 14.8. The molecule has 0 fully saturated rings. The number of aromatic nitrogens is 1. The Morgan fingerprint density at radius 3 is 2.45 bits per heavy atom. The molecule has 20 heavy (non-hydrogen) atoms. The Balaban J connectivity index is 1.93. The van der Waals surface area contributed by atoms with Gasteiger partial charge in [0.1, 0.15) is 0 Å². The largest absolute Gasteiger partial charge is 0.329 e. The van der Waals surface area contributed by atoms with Crippen LogP contribution in [0.2, 0.25) is 0 Å². The van der Waals surface area contributed by atoms with Gasteiger partial charge in [0.25, 0.3) is 10.1 Å². The van der Waals surface area contributed by atoms with E-state index in [0.29, 0.717) is 0 Å². The molecule has 106 valence electrons. The van der Waals surface area contributed by atoms with Crippen LogP contribution in [0.4, 0.5) is 0 Å². The first-order chi connectivity index (χ1) is 9.45. The van der Waals surface area contributed by atoms with Crippen LogP contribution in [0.3, 0.4) is 0 Å². The summed E-state index contributed by atoms with van der Waals surface area (Å²) in [5, 5.41) is 0. The van der Waals surface area contributed by atoms with E-state index < -0.39 is 10.1 Å². The lowest BCUT2D eigenvalue weighted by molar-refractivity contribution is 0.483. The third-order valence-corrected chi connectivity index (χ3v) is 4.49. The summed E-state index contributed by atoms with van der Waals surface area (Å²) in [7, 11) is -4.13. The van der Waals surface area contributed by atoms with E-state index in [1.54, 1.807) is 30.1 Å². The second-order valence-electron chi connectivity index (χ2n) is 4.11. The summed E-state index contributed by atoms with van der Waals surface area (Å²) in [4.78, 5) is 14.4. The molecule has 1 heterocycles. The van der Waals surface area contributed by atoms with Crippen LogP contribution in [0.1, 0.15) is 5.56 Å². The molecule has 2 N–H and O–H groups in total. The SMILES string of the molecule is O=c1cc(SCCc2ccc(S(=O)(=O)O)cc2)cc[nH]1. The van der Waals surface area contributed by atoms with Gasteiger partial charge in [-0.05, 0) is 30.2 Å². The average molecular weight is 311 g/mol. The Morgan fingerprint density at radius 2 is 1.85 bits per heavy atom. The van der Waals surface area contributed by atoms with Crippen molar-refractivity contribution in [3.63, 3.8) is 0 Å². The minimum atomic E-state index is -4.13. The number of hydrogen-bond donors (Lipinski definition) is 2. The fraction of sp³-hybridized carbons (Fsp3) is 0.154. The van der Waals surface area contributed by atoms with Crippen LogP contribution in [0.5, 0.6) is 0 Å². The van der Waals surface area contributed by atoms with E-state index in [1.807, 2.05) is 6.07 Å². The zero-order valence-electron chi connectivity index (χ0n) is 10.4. The van der Waals surface area contributed by atoms with Crippen molar-refractivity contribution in [1.82, 2.24) is 4.98 Å². The summed E-state index contributed by atoms with van der Waals surface area (Å²) >= 11 is 1.55. The molecule has 0 aliphatic carbocycles. The van der Waals surface area contributed by atoms with Gasteiger partial charge in [0, 0.05) is 22.9 Å². The Labute approximate surface area is 120 Å². The van der Waals surface area contributed by atoms with E-state index >= 15 is 0 Å². The van der Waals surface area contributed by atoms with E-state index in [9.17, 15) is 13.2 Å². The summed E-state index contributed by atoms with van der Waals surface area (Å²) in [6.45, 7) is 0. The third kappa shape index (κ3) is 4.22. The number of hydrogen-bond acceptors (Lipinski definition) is 4. The second-order valence-corrected chi connectivity index (χ2v) is 6.70. The maximum Gasteiger partial charge on any atom is 0.294 e. The molecule has 0 aliphatic heterocycles. The normalized spacial score (nSPS) is 11.4. The van der Waals surface area contributed by atoms with E-state index in [1.165, 1.54) is 18.2 Å². The highest BCUT2D eigenvalue weighted by Gasteiger charge is 2.08. The Hall–Kier alpha value is -1.57. The molecule has 1 aromatic carbocycles.